The van der Waals surface area contributed by atoms with E-state index in [1.807, 2.05) is 63.2 Å². The van der Waals surface area contributed by atoms with E-state index >= 15 is 0 Å². The third-order valence-corrected chi connectivity index (χ3v) is 8.20. The molecule has 1 N–H and O–H groups in total. The first-order valence-electron chi connectivity index (χ1n) is 12.7. The van der Waals surface area contributed by atoms with Crippen molar-refractivity contribution in [2.75, 3.05) is 17.1 Å². The number of rotatable bonds is 9. The number of nitrogens with one attached hydrogen (secondary N) is 1. The molecule has 196 valence electrons. The minimum atomic E-state index is -3.76. The molecule has 1 fully saturated rings. The summed E-state index contributed by atoms with van der Waals surface area (Å²) in [7, 11) is -3.76. The highest BCUT2D eigenvalue weighted by Gasteiger charge is 2.32. The van der Waals surface area contributed by atoms with Crippen LogP contribution in [0.4, 0.5) is 5.69 Å². The van der Waals surface area contributed by atoms with Gasteiger partial charge < -0.3 is 10.2 Å². The highest BCUT2D eigenvalue weighted by Crippen LogP contribution is 2.27. The van der Waals surface area contributed by atoms with Crippen molar-refractivity contribution in [1.82, 2.24) is 10.2 Å². The van der Waals surface area contributed by atoms with Crippen molar-refractivity contribution < 1.29 is 18.0 Å². The number of aryl methyl sites for hydroxylation is 3. The maximum atomic E-state index is 13.8. The van der Waals surface area contributed by atoms with Gasteiger partial charge in [0.2, 0.25) is 21.8 Å². The van der Waals surface area contributed by atoms with Gasteiger partial charge in [0, 0.05) is 12.6 Å². The Labute approximate surface area is 215 Å². The Morgan fingerprint density at radius 3 is 2.11 bits per heavy atom. The molecule has 36 heavy (non-hydrogen) atoms. The van der Waals surface area contributed by atoms with Gasteiger partial charge in [0.15, 0.2) is 0 Å². The van der Waals surface area contributed by atoms with Crippen molar-refractivity contribution in [2.24, 2.45) is 0 Å². The molecule has 1 unspecified atom stereocenters. The fourth-order valence-corrected chi connectivity index (χ4v) is 5.86. The van der Waals surface area contributed by atoms with Gasteiger partial charge in [-0.15, -0.1) is 0 Å². The van der Waals surface area contributed by atoms with E-state index in [9.17, 15) is 18.0 Å². The standard InChI is InChI=1S/C28H39N3O4S/c1-20-12-9-10-15-24(20)18-30(23(4)28(33)29-25-16-7-6-8-17-25)26(32)19-31(36(5,34)35)27-21(2)13-11-14-22(27)3/h9-15,23,25H,6-8,16-19H2,1-5H3,(H,29,33). The molecule has 2 amide bonds. The van der Waals surface area contributed by atoms with E-state index in [-0.39, 0.29) is 25.0 Å². The van der Waals surface area contributed by atoms with Gasteiger partial charge in [-0.25, -0.2) is 8.42 Å². The molecule has 2 aromatic carbocycles. The van der Waals surface area contributed by atoms with E-state index in [4.69, 9.17) is 0 Å². The van der Waals surface area contributed by atoms with Gasteiger partial charge in [-0.2, -0.15) is 0 Å². The second-order valence-corrected chi connectivity index (χ2v) is 11.9. The Kier molecular flexibility index (Phi) is 9.17. The molecule has 1 saturated carbocycles. The molecule has 8 heteroatoms. The summed E-state index contributed by atoms with van der Waals surface area (Å²) in [5.41, 5.74) is 3.96. The second kappa shape index (κ2) is 11.9. The normalized spacial score (nSPS) is 15.2. The second-order valence-electron chi connectivity index (χ2n) is 9.98. The molecule has 7 nitrogen and oxygen atoms in total. The number of para-hydroxylation sites is 1. The maximum Gasteiger partial charge on any atom is 0.244 e. The fourth-order valence-electron chi connectivity index (χ4n) is 4.90. The Balaban J connectivity index is 1.92. The van der Waals surface area contributed by atoms with Crippen LogP contribution in [0, 0.1) is 20.8 Å². The van der Waals surface area contributed by atoms with Crippen LogP contribution in [0.5, 0.6) is 0 Å². The molecule has 2 aromatic rings. The first kappa shape index (κ1) is 27.7. The molecule has 1 aliphatic rings. The number of carbonyl (C=O) groups is 2. The zero-order valence-corrected chi connectivity index (χ0v) is 22.9. The van der Waals surface area contributed by atoms with Gasteiger partial charge in [0.25, 0.3) is 0 Å². The number of carbonyl (C=O) groups excluding carboxylic acids is 2. The van der Waals surface area contributed by atoms with E-state index in [1.54, 1.807) is 6.92 Å². The number of hydrogen-bond donors (Lipinski definition) is 1. The summed E-state index contributed by atoms with van der Waals surface area (Å²) in [6.45, 7) is 7.18. The number of hydrogen-bond acceptors (Lipinski definition) is 4. The van der Waals surface area contributed by atoms with Crippen LogP contribution in [0.15, 0.2) is 42.5 Å². The minimum absolute atomic E-state index is 0.117. The van der Waals surface area contributed by atoms with E-state index in [0.717, 1.165) is 58.5 Å². The third kappa shape index (κ3) is 6.87. The van der Waals surface area contributed by atoms with Crippen LogP contribution in [-0.2, 0) is 26.2 Å². The van der Waals surface area contributed by atoms with Crippen LogP contribution < -0.4 is 9.62 Å². The molecular weight excluding hydrogens is 474 g/mol. The lowest BCUT2D eigenvalue weighted by molar-refractivity contribution is -0.139. The van der Waals surface area contributed by atoms with E-state index in [1.165, 1.54) is 11.3 Å². The van der Waals surface area contributed by atoms with Gasteiger partial charge in [0.05, 0.1) is 11.9 Å². The Hall–Kier alpha value is -2.87. The Morgan fingerprint density at radius 1 is 0.944 bits per heavy atom. The molecule has 0 heterocycles. The average Bonchev–Trinajstić information content (AvgIpc) is 2.82. The smallest absolute Gasteiger partial charge is 0.244 e. The number of anilines is 1. The SMILES string of the molecule is Cc1ccccc1CN(C(=O)CN(c1c(C)cccc1C)S(C)(=O)=O)C(C)C(=O)NC1CCCCC1. The molecular formula is C28H39N3O4S. The highest BCUT2D eigenvalue weighted by molar-refractivity contribution is 7.92. The van der Waals surface area contributed by atoms with E-state index < -0.39 is 22.0 Å². The van der Waals surface area contributed by atoms with E-state index in [0.29, 0.717) is 5.69 Å². The molecule has 1 atom stereocenters. The molecule has 0 aromatic heterocycles. The molecule has 1 aliphatic carbocycles. The number of nitrogens with zero attached hydrogens (tertiary/aromatic N) is 2. The molecule has 0 spiro atoms. The van der Waals surface area contributed by atoms with Crippen molar-refractivity contribution in [2.45, 2.75) is 78.4 Å². The number of sulfonamides is 1. The van der Waals surface area contributed by atoms with Crippen molar-refractivity contribution in [3.63, 3.8) is 0 Å². The summed E-state index contributed by atoms with van der Waals surface area (Å²) in [5.74, 6) is -0.626. The maximum absolute atomic E-state index is 13.8. The third-order valence-electron chi connectivity index (χ3n) is 7.09. The van der Waals surface area contributed by atoms with Gasteiger partial charge >= 0.3 is 0 Å². The van der Waals surface area contributed by atoms with Crippen LogP contribution in [0.25, 0.3) is 0 Å². The van der Waals surface area contributed by atoms with Crippen LogP contribution >= 0.6 is 0 Å². The molecule has 3 rings (SSSR count). The summed E-state index contributed by atoms with van der Waals surface area (Å²) in [5, 5.41) is 3.12. The van der Waals surface area contributed by atoms with Crippen molar-refractivity contribution >= 4 is 27.5 Å². The van der Waals surface area contributed by atoms with Gasteiger partial charge in [-0.3, -0.25) is 13.9 Å². The first-order chi connectivity index (χ1) is 17.0. The summed E-state index contributed by atoms with van der Waals surface area (Å²) in [4.78, 5) is 28.6. The number of amides is 2. The zero-order chi connectivity index (χ0) is 26.5. The lowest BCUT2D eigenvalue weighted by atomic mass is 9.95. The van der Waals surface area contributed by atoms with Gasteiger partial charge in [0.1, 0.15) is 12.6 Å². The van der Waals surface area contributed by atoms with Crippen molar-refractivity contribution in [3.8, 4) is 0 Å². The Morgan fingerprint density at radius 2 is 1.53 bits per heavy atom. The topological polar surface area (TPSA) is 86.8 Å². The predicted octanol–water partition coefficient (Wildman–Crippen LogP) is 4.24. The van der Waals surface area contributed by atoms with Crippen LogP contribution in [-0.4, -0.2) is 50.0 Å². The van der Waals surface area contributed by atoms with Crippen LogP contribution in [0.2, 0.25) is 0 Å². The van der Waals surface area contributed by atoms with Crippen molar-refractivity contribution in [3.05, 3.63) is 64.7 Å². The molecule has 0 bridgehead atoms. The molecule has 0 radical (unpaired) electrons. The quantitative estimate of drug-likeness (QED) is 0.543. The lowest BCUT2D eigenvalue weighted by Gasteiger charge is -2.33. The number of benzene rings is 2. The summed E-state index contributed by atoms with van der Waals surface area (Å²) < 4.78 is 26.9. The summed E-state index contributed by atoms with van der Waals surface area (Å²) in [6.07, 6.45) is 6.35. The predicted molar refractivity (Wildman–Crippen MR) is 144 cm³/mol. The van der Waals surface area contributed by atoms with Gasteiger partial charge in [-0.05, 0) is 62.8 Å². The minimum Gasteiger partial charge on any atom is -0.352 e. The Bertz CT molecular complexity index is 1170. The first-order valence-corrected chi connectivity index (χ1v) is 14.5. The van der Waals surface area contributed by atoms with E-state index in [2.05, 4.69) is 5.32 Å². The molecule has 0 aliphatic heterocycles. The lowest BCUT2D eigenvalue weighted by Crippen LogP contribution is -2.53. The zero-order valence-electron chi connectivity index (χ0n) is 22.1. The monoisotopic (exact) mass is 513 g/mol. The largest absolute Gasteiger partial charge is 0.352 e. The highest BCUT2D eigenvalue weighted by atomic mass is 32.2. The van der Waals surface area contributed by atoms with Crippen LogP contribution in [0.3, 0.4) is 0 Å². The summed E-state index contributed by atoms with van der Waals surface area (Å²) in [6, 6.07) is 12.6. The van der Waals surface area contributed by atoms with Gasteiger partial charge in [-0.1, -0.05) is 61.7 Å². The average molecular weight is 514 g/mol. The molecule has 0 saturated heterocycles. The summed E-state index contributed by atoms with van der Waals surface area (Å²) >= 11 is 0. The van der Waals surface area contributed by atoms with Crippen molar-refractivity contribution in [1.29, 1.82) is 0 Å². The van der Waals surface area contributed by atoms with Crippen LogP contribution in [0.1, 0.15) is 61.3 Å². The fraction of sp³-hybridized carbons (Fsp3) is 0.500.